The molecule has 2 aliphatic rings. The van der Waals surface area contributed by atoms with Gasteiger partial charge in [-0.1, -0.05) is 29.8 Å². The number of carbonyl (C=O) groups is 1. The Labute approximate surface area is 292 Å². The molecule has 2 aliphatic heterocycles. The van der Waals surface area contributed by atoms with Crippen molar-refractivity contribution in [2.45, 2.75) is 45.6 Å². The molecule has 12 heteroatoms. The number of hydrogen-bond acceptors (Lipinski definition) is 7. The number of carbonyl (C=O) groups excluding carboxylic acids is 1. The summed E-state index contributed by atoms with van der Waals surface area (Å²) in [4.78, 5) is 25.4. The van der Waals surface area contributed by atoms with Crippen molar-refractivity contribution in [3.8, 4) is 5.88 Å². The lowest BCUT2D eigenvalue weighted by atomic mass is 10.0. The Morgan fingerprint density at radius 1 is 1.12 bits per heavy atom. The first kappa shape index (κ1) is 32.1. The summed E-state index contributed by atoms with van der Waals surface area (Å²) >= 11 is 5.88. The summed E-state index contributed by atoms with van der Waals surface area (Å²) in [5, 5.41) is 11.6. The zero-order valence-electron chi connectivity index (χ0n) is 27.5. The summed E-state index contributed by atoms with van der Waals surface area (Å²) in [5.74, 6) is 0.779. The number of nitrogens with zero attached hydrogens (tertiary/aromatic N) is 5. The minimum Gasteiger partial charge on any atom is -0.473 e. The van der Waals surface area contributed by atoms with Crippen molar-refractivity contribution in [2.75, 3.05) is 25.0 Å². The summed E-state index contributed by atoms with van der Waals surface area (Å²) in [5.41, 5.74) is 7.22. The Balaban J connectivity index is 0.965. The number of rotatable bonds is 10. The third-order valence-electron chi connectivity index (χ3n) is 9.38. The van der Waals surface area contributed by atoms with E-state index in [0.29, 0.717) is 40.8 Å². The van der Waals surface area contributed by atoms with Crippen LogP contribution in [0.3, 0.4) is 0 Å². The lowest BCUT2D eigenvalue weighted by Gasteiger charge is -2.29. The smallest absolute Gasteiger partial charge is 0.255 e. The Bertz CT molecular complexity index is 2260. The molecule has 1 amide bonds. The maximum absolute atomic E-state index is 14.2. The molecule has 0 saturated carbocycles. The molecule has 0 aliphatic carbocycles. The van der Waals surface area contributed by atoms with Crippen molar-refractivity contribution >= 4 is 50.7 Å². The monoisotopic (exact) mass is 691 g/mol. The number of fused-ring (bicyclic) bond motifs is 2. The lowest BCUT2D eigenvalue weighted by molar-refractivity contribution is -0.0591. The molecule has 1 atom stereocenters. The van der Waals surface area contributed by atoms with Crippen LogP contribution in [0.15, 0.2) is 78.9 Å². The number of halogens is 2. The zero-order chi connectivity index (χ0) is 34.2. The largest absolute Gasteiger partial charge is 0.473 e. The molecule has 0 bridgehead atoms. The third kappa shape index (κ3) is 6.72. The number of aromatic nitrogens is 5. The molecule has 0 radical (unpaired) electrons. The number of nitrogens with one attached hydrogen (secondary N) is 2. The van der Waals surface area contributed by atoms with Crippen LogP contribution in [0.4, 0.5) is 10.1 Å². The average Bonchev–Trinajstić information content (AvgIpc) is 3.64. The minimum absolute atomic E-state index is 0.0628. The van der Waals surface area contributed by atoms with Crippen LogP contribution in [0.2, 0.25) is 5.02 Å². The van der Waals surface area contributed by atoms with Crippen LogP contribution in [0.25, 0.3) is 27.5 Å². The molecule has 0 unspecified atom stereocenters. The third-order valence-corrected chi connectivity index (χ3v) is 9.62. The van der Waals surface area contributed by atoms with Crippen LogP contribution in [0.5, 0.6) is 5.88 Å². The van der Waals surface area contributed by atoms with E-state index >= 15 is 0 Å². The molecule has 50 heavy (non-hydrogen) atoms. The van der Waals surface area contributed by atoms with Gasteiger partial charge in [0.15, 0.2) is 0 Å². The second kappa shape index (κ2) is 13.7. The highest BCUT2D eigenvalue weighted by Crippen LogP contribution is 2.28. The first-order chi connectivity index (χ1) is 24.4. The van der Waals surface area contributed by atoms with Gasteiger partial charge in [0.2, 0.25) is 5.88 Å². The van der Waals surface area contributed by atoms with Crippen molar-refractivity contribution < 1.29 is 18.7 Å². The molecular formula is C38H35ClFN7O3. The number of H-pyrrole nitrogens is 1. The van der Waals surface area contributed by atoms with Gasteiger partial charge in [-0.2, -0.15) is 5.10 Å². The fraction of sp³-hybridized carbons (Fsp3) is 0.263. The van der Waals surface area contributed by atoms with Crippen molar-refractivity contribution in [3.63, 3.8) is 0 Å². The number of hydrogen-bond donors (Lipinski definition) is 2. The standard InChI is InChI=1S/C38H35ClFN7O3/c1-23-30-19-28(8-9-33(30)45-44-23)41-38(48)25-6-10-35-34(17-25)42-36(47(35)20-29-13-16-49-29)21-46-14-11-24(12-15-46)32-3-2-4-37(43-32)50-22-26-5-7-27(39)18-31(26)40/h2-11,17-19,29H,12-16,20-22H2,1H3,(H,41,48)(H,44,45)/t29-/m0/s1. The highest BCUT2D eigenvalue weighted by molar-refractivity contribution is 6.30. The molecule has 1 fully saturated rings. The number of aromatic amines is 1. The van der Waals surface area contributed by atoms with E-state index < -0.39 is 5.82 Å². The van der Waals surface area contributed by atoms with E-state index in [1.54, 1.807) is 18.2 Å². The fourth-order valence-electron chi connectivity index (χ4n) is 6.46. The zero-order valence-corrected chi connectivity index (χ0v) is 28.2. The quantitative estimate of drug-likeness (QED) is 0.155. The molecule has 1 saturated heterocycles. The van der Waals surface area contributed by atoms with E-state index in [0.717, 1.165) is 77.3 Å². The Kier molecular flexibility index (Phi) is 8.78. The molecule has 6 aromatic rings. The number of amides is 1. The van der Waals surface area contributed by atoms with Gasteiger partial charge in [-0.15, -0.1) is 0 Å². The second-order valence-electron chi connectivity index (χ2n) is 12.7. The second-order valence-corrected chi connectivity index (χ2v) is 13.2. The van der Waals surface area contributed by atoms with E-state index in [-0.39, 0.29) is 18.6 Å². The Morgan fingerprint density at radius 3 is 2.82 bits per heavy atom. The van der Waals surface area contributed by atoms with Gasteiger partial charge in [-0.05, 0) is 79.9 Å². The predicted molar refractivity (Wildman–Crippen MR) is 191 cm³/mol. The molecular weight excluding hydrogens is 657 g/mol. The van der Waals surface area contributed by atoms with E-state index in [4.69, 9.17) is 31.0 Å². The maximum atomic E-state index is 14.2. The van der Waals surface area contributed by atoms with Gasteiger partial charge in [0.25, 0.3) is 5.91 Å². The van der Waals surface area contributed by atoms with Gasteiger partial charge in [-0.25, -0.2) is 14.4 Å². The van der Waals surface area contributed by atoms with Crippen molar-refractivity contribution in [1.82, 2.24) is 29.6 Å². The summed E-state index contributed by atoms with van der Waals surface area (Å²) in [7, 11) is 0. The van der Waals surface area contributed by atoms with Gasteiger partial charge >= 0.3 is 0 Å². The first-order valence-electron chi connectivity index (χ1n) is 16.7. The molecule has 10 nitrogen and oxygen atoms in total. The fourth-order valence-corrected chi connectivity index (χ4v) is 6.61. The van der Waals surface area contributed by atoms with Gasteiger partial charge < -0.3 is 19.4 Å². The van der Waals surface area contributed by atoms with E-state index in [1.807, 2.05) is 55.5 Å². The van der Waals surface area contributed by atoms with Crippen LogP contribution >= 0.6 is 11.6 Å². The first-order valence-corrected chi connectivity index (χ1v) is 17.1. The summed E-state index contributed by atoms with van der Waals surface area (Å²) in [6.45, 7) is 5.70. The van der Waals surface area contributed by atoms with Crippen LogP contribution in [0, 0.1) is 12.7 Å². The van der Waals surface area contributed by atoms with Crippen LogP contribution in [0.1, 0.15) is 46.0 Å². The van der Waals surface area contributed by atoms with Crippen LogP contribution in [-0.2, 0) is 24.4 Å². The van der Waals surface area contributed by atoms with Crippen LogP contribution < -0.4 is 10.1 Å². The normalized spacial score (nSPS) is 16.4. The predicted octanol–water partition coefficient (Wildman–Crippen LogP) is 7.32. The molecule has 254 valence electrons. The lowest BCUT2D eigenvalue weighted by Crippen LogP contribution is -2.33. The molecule has 2 N–H and O–H groups in total. The van der Waals surface area contributed by atoms with Crippen molar-refractivity contribution in [2.24, 2.45) is 0 Å². The van der Waals surface area contributed by atoms with Gasteiger partial charge in [0.1, 0.15) is 18.2 Å². The molecule has 0 spiro atoms. The number of aryl methyl sites for hydroxylation is 1. The van der Waals surface area contributed by atoms with E-state index in [2.05, 4.69) is 31.1 Å². The van der Waals surface area contributed by atoms with E-state index in [9.17, 15) is 9.18 Å². The SMILES string of the molecule is Cc1n[nH]c2ccc(NC(=O)c3ccc4c(c3)nc(CN3CC=C(c5cccc(OCc6ccc(Cl)cc6F)n5)CC3)n4C[C@@H]3CCO3)cc12. The maximum Gasteiger partial charge on any atom is 0.255 e. The van der Waals surface area contributed by atoms with Crippen molar-refractivity contribution in [3.05, 3.63) is 118 Å². The molecule has 8 rings (SSSR count). The molecule has 5 heterocycles. The average molecular weight is 692 g/mol. The Hall–Kier alpha value is -5.10. The van der Waals surface area contributed by atoms with Gasteiger partial charge in [0.05, 0.1) is 47.1 Å². The summed E-state index contributed by atoms with van der Waals surface area (Å²) < 4.78 is 28.1. The number of benzene rings is 3. The van der Waals surface area contributed by atoms with Gasteiger partial charge in [-0.3, -0.25) is 14.8 Å². The molecule has 3 aromatic heterocycles. The number of anilines is 1. The number of imidazole rings is 1. The van der Waals surface area contributed by atoms with Gasteiger partial charge in [0, 0.05) is 53.0 Å². The Morgan fingerprint density at radius 2 is 2.02 bits per heavy atom. The molecule has 3 aromatic carbocycles. The van der Waals surface area contributed by atoms with Crippen molar-refractivity contribution in [1.29, 1.82) is 0 Å². The highest BCUT2D eigenvalue weighted by atomic mass is 35.5. The number of ether oxygens (including phenoxy) is 2. The summed E-state index contributed by atoms with van der Waals surface area (Å²) in [6, 6.07) is 21.6. The minimum atomic E-state index is -0.404. The van der Waals surface area contributed by atoms with E-state index in [1.165, 1.54) is 6.07 Å². The topological polar surface area (TPSA) is 110 Å². The highest BCUT2D eigenvalue weighted by Gasteiger charge is 2.24. The van der Waals surface area contributed by atoms with Crippen LogP contribution in [-0.4, -0.2) is 61.3 Å². The summed E-state index contributed by atoms with van der Waals surface area (Å²) in [6.07, 6.45) is 4.17. The number of pyridine rings is 1.